The number of thiophene rings is 1. The molecule has 0 aliphatic carbocycles. The first kappa shape index (κ1) is 17.0. The van der Waals surface area contributed by atoms with Crippen molar-refractivity contribution in [2.45, 2.75) is 19.9 Å². The van der Waals surface area contributed by atoms with E-state index in [9.17, 15) is 4.79 Å². The van der Waals surface area contributed by atoms with Crippen LogP contribution in [0.25, 0.3) is 0 Å². The van der Waals surface area contributed by atoms with E-state index >= 15 is 0 Å². The lowest BCUT2D eigenvalue weighted by atomic mass is 10.0. The highest BCUT2D eigenvalue weighted by atomic mass is 35.5. The van der Waals surface area contributed by atoms with E-state index in [-0.39, 0.29) is 11.9 Å². The van der Waals surface area contributed by atoms with Crippen LogP contribution in [0, 0.1) is 0 Å². The molecular formula is C17H21ClN2OS. The second-order valence-corrected chi connectivity index (χ2v) is 6.30. The summed E-state index contributed by atoms with van der Waals surface area (Å²) in [5.41, 5.74) is 1.05. The fraction of sp³-hybridized carbons (Fsp3) is 0.353. The lowest BCUT2D eigenvalue weighted by Gasteiger charge is -2.30. The number of benzene rings is 1. The molecule has 0 aliphatic heterocycles. The zero-order valence-corrected chi connectivity index (χ0v) is 14.5. The summed E-state index contributed by atoms with van der Waals surface area (Å²) in [7, 11) is 0. The molecule has 3 nitrogen and oxygen atoms in total. The van der Waals surface area contributed by atoms with Gasteiger partial charge in [0.1, 0.15) is 0 Å². The van der Waals surface area contributed by atoms with Gasteiger partial charge >= 0.3 is 0 Å². The number of hydrogen-bond acceptors (Lipinski definition) is 3. The van der Waals surface area contributed by atoms with E-state index in [1.807, 2.05) is 41.8 Å². The maximum atomic E-state index is 12.2. The highest BCUT2D eigenvalue weighted by molar-refractivity contribution is 7.12. The van der Waals surface area contributed by atoms with E-state index in [2.05, 4.69) is 24.1 Å². The molecule has 5 heteroatoms. The Morgan fingerprint density at radius 3 is 2.55 bits per heavy atom. The van der Waals surface area contributed by atoms with Crippen LogP contribution in [0.15, 0.2) is 41.8 Å². The summed E-state index contributed by atoms with van der Waals surface area (Å²) >= 11 is 7.80. The molecule has 2 rings (SSSR count). The lowest BCUT2D eigenvalue weighted by Crippen LogP contribution is -2.38. The van der Waals surface area contributed by atoms with Gasteiger partial charge in [0, 0.05) is 11.6 Å². The van der Waals surface area contributed by atoms with Gasteiger partial charge in [-0.1, -0.05) is 49.7 Å². The average molecular weight is 337 g/mol. The third-order valence-corrected chi connectivity index (χ3v) is 4.93. The molecule has 0 aliphatic rings. The summed E-state index contributed by atoms with van der Waals surface area (Å²) < 4.78 is 0. The Morgan fingerprint density at radius 2 is 1.95 bits per heavy atom. The van der Waals surface area contributed by atoms with Crippen LogP contribution in [0.5, 0.6) is 0 Å². The van der Waals surface area contributed by atoms with Gasteiger partial charge in [0.25, 0.3) is 5.91 Å². The minimum Gasteiger partial charge on any atom is -0.349 e. The molecule has 1 N–H and O–H groups in total. The smallest absolute Gasteiger partial charge is 0.261 e. The van der Waals surface area contributed by atoms with E-state index in [1.165, 1.54) is 11.3 Å². The Kier molecular flexibility index (Phi) is 6.43. The van der Waals surface area contributed by atoms with Crippen molar-refractivity contribution < 1.29 is 4.79 Å². The van der Waals surface area contributed by atoms with Crippen LogP contribution in [0.4, 0.5) is 0 Å². The average Bonchev–Trinajstić information content (AvgIpc) is 3.06. The second kappa shape index (κ2) is 8.32. The topological polar surface area (TPSA) is 32.3 Å². The Balaban J connectivity index is 2.15. The van der Waals surface area contributed by atoms with E-state index in [0.29, 0.717) is 6.54 Å². The second-order valence-electron chi connectivity index (χ2n) is 4.95. The Hall–Kier alpha value is -1.36. The van der Waals surface area contributed by atoms with Gasteiger partial charge in [-0.15, -0.1) is 11.3 Å². The van der Waals surface area contributed by atoms with Crippen LogP contribution in [0.1, 0.15) is 35.1 Å². The highest BCUT2D eigenvalue weighted by Gasteiger charge is 2.21. The first-order valence-corrected chi connectivity index (χ1v) is 8.73. The molecule has 0 bridgehead atoms. The monoisotopic (exact) mass is 336 g/mol. The molecule has 1 amide bonds. The van der Waals surface area contributed by atoms with Crippen molar-refractivity contribution in [3.63, 3.8) is 0 Å². The Morgan fingerprint density at radius 1 is 1.23 bits per heavy atom. The van der Waals surface area contributed by atoms with E-state index < -0.39 is 0 Å². The van der Waals surface area contributed by atoms with Gasteiger partial charge in [-0.25, -0.2) is 0 Å². The quantitative estimate of drug-likeness (QED) is 0.821. The molecule has 1 heterocycles. The van der Waals surface area contributed by atoms with Crippen molar-refractivity contribution in [1.82, 2.24) is 10.2 Å². The van der Waals surface area contributed by atoms with E-state index in [0.717, 1.165) is 28.6 Å². The first-order valence-electron chi connectivity index (χ1n) is 7.47. The molecular weight excluding hydrogens is 316 g/mol. The van der Waals surface area contributed by atoms with Crippen LogP contribution < -0.4 is 5.32 Å². The Labute approximate surface area is 140 Å². The van der Waals surface area contributed by atoms with Crippen LogP contribution in [0.3, 0.4) is 0 Å². The number of hydrogen-bond donors (Lipinski definition) is 1. The van der Waals surface area contributed by atoms with Crippen molar-refractivity contribution in [1.29, 1.82) is 0 Å². The predicted molar refractivity (Wildman–Crippen MR) is 93.8 cm³/mol. The van der Waals surface area contributed by atoms with Crippen molar-refractivity contribution >= 4 is 28.8 Å². The number of nitrogens with one attached hydrogen (secondary N) is 1. The normalized spacial score (nSPS) is 12.4. The van der Waals surface area contributed by atoms with Gasteiger partial charge in [-0.2, -0.15) is 0 Å². The largest absolute Gasteiger partial charge is 0.349 e. The van der Waals surface area contributed by atoms with Crippen LogP contribution in [-0.2, 0) is 0 Å². The first-order chi connectivity index (χ1) is 10.7. The SMILES string of the molecule is CCN(CC)C(CNC(=O)c1cccs1)c1ccccc1Cl. The molecule has 1 atom stereocenters. The zero-order valence-electron chi connectivity index (χ0n) is 12.9. The van der Waals surface area contributed by atoms with Crippen LogP contribution >= 0.6 is 22.9 Å². The van der Waals surface area contributed by atoms with Gasteiger partial charge in [0.05, 0.1) is 10.9 Å². The molecule has 0 saturated heterocycles. The predicted octanol–water partition coefficient (Wildman–Crippen LogP) is 4.21. The van der Waals surface area contributed by atoms with Crippen LogP contribution in [-0.4, -0.2) is 30.4 Å². The minimum atomic E-state index is -0.0285. The molecule has 1 aromatic heterocycles. The van der Waals surface area contributed by atoms with Gasteiger partial charge in [-0.05, 0) is 36.2 Å². The number of carbonyl (C=O) groups excluding carboxylic acids is 1. The summed E-state index contributed by atoms with van der Waals surface area (Å²) in [4.78, 5) is 15.2. The number of rotatable bonds is 7. The number of carbonyl (C=O) groups is 1. The van der Waals surface area contributed by atoms with E-state index in [4.69, 9.17) is 11.6 Å². The van der Waals surface area contributed by atoms with Gasteiger partial charge in [0.15, 0.2) is 0 Å². The van der Waals surface area contributed by atoms with Crippen molar-refractivity contribution in [3.8, 4) is 0 Å². The molecule has 0 fully saturated rings. The summed E-state index contributed by atoms with van der Waals surface area (Å²) in [5, 5.41) is 5.68. The molecule has 0 saturated carbocycles. The molecule has 2 aromatic rings. The summed E-state index contributed by atoms with van der Waals surface area (Å²) in [5.74, 6) is -0.0285. The zero-order chi connectivity index (χ0) is 15.9. The molecule has 1 aromatic carbocycles. The van der Waals surface area contributed by atoms with E-state index in [1.54, 1.807) is 0 Å². The van der Waals surface area contributed by atoms with Crippen molar-refractivity contribution in [3.05, 3.63) is 57.2 Å². The fourth-order valence-electron chi connectivity index (χ4n) is 2.53. The highest BCUT2D eigenvalue weighted by Crippen LogP contribution is 2.27. The summed E-state index contributed by atoms with van der Waals surface area (Å²) in [6.07, 6.45) is 0. The summed E-state index contributed by atoms with van der Waals surface area (Å²) in [6, 6.07) is 11.6. The number of halogens is 1. The third kappa shape index (κ3) is 4.09. The number of amides is 1. The molecule has 22 heavy (non-hydrogen) atoms. The number of nitrogens with zero attached hydrogens (tertiary/aromatic N) is 1. The molecule has 0 radical (unpaired) electrons. The third-order valence-electron chi connectivity index (χ3n) is 3.72. The standard InChI is InChI=1S/C17H21ClN2OS/c1-3-20(4-2)15(13-8-5-6-9-14(13)18)12-19-17(21)16-10-7-11-22-16/h5-11,15H,3-4,12H2,1-2H3,(H,19,21). The number of likely N-dealkylation sites (N-methyl/N-ethyl adjacent to an activating group) is 1. The minimum absolute atomic E-state index is 0.0285. The Bertz CT molecular complexity index is 596. The maximum absolute atomic E-state index is 12.2. The van der Waals surface area contributed by atoms with Gasteiger partial charge in [-0.3, -0.25) is 9.69 Å². The van der Waals surface area contributed by atoms with Crippen molar-refractivity contribution in [2.24, 2.45) is 0 Å². The molecule has 1 unspecified atom stereocenters. The van der Waals surface area contributed by atoms with Crippen molar-refractivity contribution in [2.75, 3.05) is 19.6 Å². The lowest BCUT2D eigenvalue weighted by molar-refractivity contribution is 0.0939. The molecule has 118 valence electrons. The molecule has 0 spiro atoms. The van der Waals surface area contributed by atoms with Gasteiger partial charge < -0.3 is 5.32 Å². The summed E-state index contributed by atoms with van der Waals surface area (Å²) in [6.45, 7) is 6.59. The maximum Gasteiger partial charge on any atom is 0.261 e. The van der Waals surface area contributed by atoms with Crippen LogP contribution in [0.2, 0.25) is 5.02 Å². The van der Waals surface area contributed by atoms with Gasteiger partial charge in [0.2, 0.25) is 0 Å². The fourth-order valence-corrected chi connectivity index (χ4v) is 3.43.